The van der Waals surface area contributed by atoms with Gasteiger partial charge in [-0.05, 0) is 69.0 Å². The van der Waals surface area contributed by atoms with Gasteiger partial charge in [0.25, 0.3) is 0 Å². The fourth-order valence-corrected chi connectivity index (χ4v) is 8.12. The minimum absolute atomic E-state index is 0.169. The molecule has 3 aliphatic rings. The van der Waals surface area contributed by atoms with Crippen molar-refractivity contribution in [1.29, 1.82) is 0 Å². The number of rotatable bonds is 11. The second-order valence-electron chi connectivity index (χ2n) is 11.9. The Bertz CT molecular complexity index is 1290. The van der Waals surface area contributed by atoms with Crippen molar-refractivity contribution in [2.75, 3.05) is 35.2 Å². The average Bonchev–Trinajstić information content (AvgIpc) is 3.57. The zero-order valence-electron chi connectivity index (χ0n) is 24.6. The number of nitrogens with zero attached hydrogens (tertiary/aromatic N) is 2. The number of anilines is 3. The first-order valence-electron chi connectivity index (χ1n) is 14.9. The van der Waals surface area contributed by atoms with Gasteiger partial charge in [-0.1, -0.05) is 48.0 Å². The van der Waals surface area contributed by atoms with Crippen molar-refractivity contribution in [3.05, 3.63) is 54.6 Å². The standard InChI is InChI=1S/C32H41BrN4O5/c1-5-36(6-2)22-14-12-21(13-15-22)35-30(40)28-32-17-24(33)27(42-32)25(29(39)34-20-10-8-7-9-11-20)26(32)31(41)37(28)23(18-38)16-19(3)4/h7-15,19,23-28,38H,5-6,16-18H2,1-4H3,(H,34,39)(H,35,40)/t23-,24?,25-,26+,27-,28?,32?/m1/s1. The first kappa shape index (κ1) is 30.5. The van der Waals surface area contributed by atoms with Crippen molar-refractivity contribution < 1.29 is 24.2 Å². The van der Waals surface area contributed by atoms with Gasteiger partial charge in [-0.25, -0.2) is 0 Å². The molecule has 0 saturated carbocycles. The fraction of sp³-hybridized carbons (Fsp3) is 0.531. The molecule has 3 N–H and O–H groups in total. The first-order valence-corrected chi connectivity index (χ1v) is 15.8. The third-order valence-corrected chi connectivity index (χ3v) is 9.78. The summed E-state index contributed by atoms with van der Waals surface area (Å²) in [5.74, 6) is -2.48. The predicted molar refractivity (Wildman–Crippen MR) is 167 cm³/mol. The molecule has 10 heteroatoms. The highest BCUT2D eigenvalue weighted by atomic mass is 79.9. The molecule has 3 unspecified atom stereocenters. The van der Waals surface area contributed by atoms with Crippen LogP contribution in [0.2, 0.25) is 0 Å². The van der Waals surface area contributed by atoms with Crippen LogP contribution in [-0.4, -0.2) is 76.0 Å². The van der Waals surface area contributed by atoms with Crippen LogP contribution in [-0.2, 0) is 19.1 Å². The van der Waals surface area contributed by atoms with E-state index in [4.69, 9.17) is 4.74 Å². The molecule has 9 nitrogen and oxygen atoms in total. The number of amides is 3. The molecule has 42 heavy (non-hydrogen) atoms. The number of halogens is 1. The van der Waals surface area contributed by atoms with Gasteiger partial charge in [0.05, 0.1) is 30.6 Å². The van der Waals surface area contributed by atoms with E-state index in [1.165, 1.54) is 4.90 Å². The van der Waals surface area contributed by atoms with Gasteiger partial charge >= 0.3 is 0 Å². The Balaban J connectivity index is 1.49. The zero-order valence-corrected chi connectivity index (χ0v) is 26.2. The molecule has 1 spiro atoms. The van der Waals surface area contributed by atoms with Crippen LogP contribution in [0.3, 0.4) is 0 Å². The number of alkyl halides is 1. The Labute approximate surface area is 256 Å². The number of carbonyl (C=O) groups excluding carboxylic acids is 3. The molecule has 5 rings (SSSR count). The summed E-state index contributed by atoms with van der Waals surface area (Å²) >= 11 is 3.71. The Hall–Kier alpha value is -2.95. The van der Waals surface area contributed by atoms with Crippen LogP contribution in [0.5, 0.6) is 0 Å². The smallest absolute Gasteiger partial charge is 0.250 e. The van der Waals surface area contributed by atoms with Gasteiger partial charge in [0, 0.05) is 35.0 Å². The number of likely N-dealkylation sites (tertiary alicyclic amines) is 1. The number of para-hydroxylation sites is 1. The van der Waals surface area contributed by atoms with E-state index in [0.717, 1.165) is 18.8 Å². The summed E-state index contributed by atoms with van der Waals surface area (Å²) in [5.41, 5.74) is 1.08. The highest BCUT2D eigenvalue weighted by molar-refractivity contribution is 9.09. The quantitative estimate of drug-likeness (QED) is 0.317. The van der Waals surface area contributed by atoms with E-state index in [2.05, 4.69) is 45.3 Å². The molecule has 0 aromatic heterocycles. The van der Waals surface area contributed by atoms with Crippen molar-refractivity contribution >= 4 is 50.7 Å². The van der Waals surface area contributed by atoms with Crippen LogP contribution in [0.25, 0.3) is 0 Å². The number of nitrogens with one attached hydrogen (secondary N) is 2. The van der Waals surface area contributed by atoms with Crippen molar-refractivity contribution in [3.8, 4) is 0 Å². The maximum absolute atomic E-state index is 14.3. The van der Waals surface area contributed by atoms with Crippen LogP contribution < -0.4 is 15.5 Å². The van der Waals surface area contributed by atoms with Crippen LogP contribution in [0.4, 0.5) is 17.1 Å². The van der Waals surface area contributed by atoms with Gasteiger partial charge in [-0.2, -0.15) is 0 Å². The maximum Gasteiger partial charge on any atom is 0.250 e. The summed E-state index contributed by atoms with van der Waals surface area (Å²) in [6.45, 7) is 9.66. The molecule has 3 saturated heterocycles. The second-order valence-corrected chi connectivity index (χ2v) is 13.1. The van der Waals surface area contributed by atoms with E-state index in [1.807, 2.05) is 56.3 Å². The molecule has 7 atom stereocenters. The van der Waals surface area contributed by atoms with Crippen molar-refractivity contribution in [2.45, 2.75) is 69.2 Å². The summed E-state index contributed by atoms with van der Waals surface area (Å²) < 4.78 is 6.60. The number of benzene rings is 2. The highest BCUT2D eigenvalue weighted by Crippen LogP contribution is 2.60. The van der Waals surface area contributed by atoms with E-state index in [1.54, 1.807) is 12.1 Å². The van der Waals surface area contributed by atoms with Gasteiger partial charge in [-0.3, -0.25) is 14.4 Å². The minimum atomic E-state index is -1.20. The predicted octanol–water partition coefficient (Wildman–Crippen LogP) is 4.27. The molecular weight excluding hydrogens is 600 g/mol. The third kappa shape index (κ3) is 5.33. The molecule has 2 aromatic rings. The molecule has 0 radical (unpaired) electrons. The number of ether oxygens (including phenoxy) is 1. The minimum Gasteiger partial charge on any atom is -0.394 e. The van der Waals surface area contributed by atoms with Gasteiger partial charge in [0.15, 0.2) is 0 Å². The Morgan fingerprint density at radius 1 is 1.05 bits per heavy atom. The van der Waals surface area contributed by atoms with Crippen LogP contribution in [0.15, 0.2) is 54.6 Å². The lowest BCUT2D eigenvalue weighted by molar-refractivity contribution is -0.143. The van der Waals surface area contributed by atoms with E-state index in [-0.39, 0.29) is 35.1 Å². The molecule has 2 aromatic carbocycles. The largest absolute Gasteiger partial charge is 0.394 e. The summed E-state index contributed by atoms with van der Waals surface area (Å²) in [6, 6.07) is 15.2. The van der Waals surface area contributed by atoms with Crippen LogP contribution in [0, 0.1) is 17.8 Å². The number of fused-ring (bicyclic) bond motifs is 1. The fourth-order valence-electron chi connectivity index (χ4n) is 7.18. The molecule has 3 fully saturated rings. The van der Waals surface area contributed by atoms with Crippen molar-refractivity contribution in [2.24, 2.45) is 17.8 Å². The van der Waals surface area contributed by atoms with Gasteiger partial charge < -0.3 is 30.3 Å². The number of hydrogen-bond donors (Lipinski definition) is 3. The molecule has 2 bridgehead atoms. The Kier molecular flexibility index (Phi) is 8.97. The van der Waals surface area contributed by atoms with E-state index >= 15 is 0 Å². The number of carbonyl (C=O) groups is 3. The summed E-state index contributed by atoms with van der Waals surface area (Å²) in [5, 5.41) is 16.4. The highest BCUT2D eigenvalue weighted by Gasteiger charge is 2.77. The summed E-state index contributed by atoms with van der Waals surface area (Å²) in [6.07, 6.45) is 0.347. The molecule has 226 valence electrons. The third-order valence-electron chi connectivity index (χ3n) is 8.93. The van der Waals surface area contributed by atoms with Crippen LogP contribution in [0.1, 0.15) is 40.5 Å². The van der Waals surface area contributed by atoms with E-state index < -0.39 is 35.6 Å². The molecular formula is C32H41BrN4O5. The second kappa shape index (κ2) is 12.3. The van der Waals surface area contributed by atoms with Gasteiger partial charge in [-0.15, -0.1) is 0 Å². The zero-order chi connectivity index (χ0) is 30.2. The molecule has 3 aliphatic heterocycles. The normalized spacial score (nSPS) is 28.6. The lowest BCUT2D eigenvalue weighted by atomic mass is 9.70. The monoisotopic (exact) mass is 640 g/mol. The summed E-state index contributed by atoms with van der Waals surface area (Å²) in [7, 11) is 0. The lowest BCUT2D eigenvalue weighted by Gasteiger charge is -2.37. The average molecular weight is 642 g/mol. The topological polar surface area (TPSA) is 111 Å². The molecule has 3 heterocycles. The van der Waals surface area contributed by atoms with Gasteiger partial charge in [0.1, 0.15) is 11.6 Å². The number of aliphatic hydroxyl groups is 1. The number of hydrogen-bond acceptors (Lipinski definition) is 6. The van der Waals surface area contributed by atoms with Crippen LogP contribution >= 0.6 is 15.9 Å². The molecule has 0 aliphatic carbocycles. The Morgan fingerprint density at radius 3 is 2.26 bits per heavy atom. The van der Waals surface area contributed by atoms with E-state index in [0.29, 0.717) is 24.2 Å². The van der Waals surface area contributed by atoms with E-state index in [9.17, 15) is 19.5 Å². The number of aliphatic hydroxyl groups excluding tert-OH is 1. The lowest BCUT2D eigenvalue weighted by Crippen LogP contribution is -2.56. The Morgan fingerprint density at radius 2 is 1.67 bits per heavy atom. The van der Waals surface area contributed by atoms with Gasteiger partial charge in [0.2, 0.25) is 17.7 Å². The first-order chi connectivity index (χ1) is 20.1. The molecule has 3 amide bonds. The van der Waals surface area contributed by atoms with Crippen molar-refractivity contribution in [1.82, 2.24) is 4.90 Å². The summed E-state index contributed by atoms with van der Waals surface area (Å²) in [4.78, 5) is 45.8. The van der Waals surface area contributed by atoms with Crippen molar-refractivity contribution in [3.63, 3.8) is 0 Å². The SMILES string of the molecule is CCN(CC)c1ccc(NC(=O)C2N([C@@H](CO)CC(C)C)C(=O)[C@@H]3[C@@H](C(=O)Nc4ccccc4)[C@@H]4OC23CC4Br)cc1. The maximum atomic E-state index is 14.3.